The summed E-state index contributed by atoms with van der Waals surface area (Å²) < 4.78 is 23.4. The van der Waals surface area contributed by atoms with E-state index in [0.29, 0.717) is 31.3 Å². The van der Waals surface area contributed by atoms with Crippen molar-refractivity contribution in [1.82, 2.24) is 14.9 Å². The van der Waals surface area contributed by atoms with Crippen LogP contribution in [0.1, 0.15) is 37.8 Å². The molecule has 0 radical (unpaired) electrons. The summed E-state index contributed by atoms with van der Waals surface area (Å²) in [7, 11) is -3.19. The Balaban J connectivity index is 1.48. The molecule has 0 saturated carbocycles. The highest BCUT2D eigenvalue weighted by Crippen LogP contribution is 2.47. The normalized spacial score (nSPS) is 16.2. The molecule has 12 heteroatoms. The molecule has 36 heavy (non-hydrogen) atoms. The maximum atomic E-state index is 12.7. The molecule has 1 saturated heterocycles. The summed E-state index contributed by atoms with van der Waals surface area (Å²) in [5.74, 6) is 0.837. The highest BCUT2D eigenvalue weighted by atomic mass is 31.2. The number of likely N-dealkylation sites (tertiary alicyclic amines) is 1. The second-order valence-electron chi connectivity index (χ2n) is 8.94. The minimum absolute atomic E-state index is 0.156. The molecule has 1 amide bonds. The number of nitrogens with zero attached hydrogens (tertiary/aromatic N) is 4. The van der Waals surface area contributed by atoms with Gasteiger partial charge in [-0.1, -0.05) is 24.3 Å². The van der Waals surface area contributed by atoms with Crippen LogP contribution in [0.3, 0.4) is 0 Å². The Labute approximate surface area is 212 Å². The molecule has 0 bridgehead atoms. The lowest BCUT2D eigenvalue weighted by Crippen LogP contribution is -2.39. The molecule has 1 aromatic carbocycles. The fourth-order valence-electron chi connectivity index (χ4n) is 4.56. The molecular formula is C24H36N7O4P. The van der Waals surface area contributed by atoms with Crippen LogP contribution >= 0.6 is 7.60 Å². The number of aromatic nitrogens is 2. The predicted molar refractivity (Wildman–Crippen MR) is 141 cm³/mol. The second-order valence-corrected chi connectivity index (χ2v) is 11.1. The summed E-state index contributed by atoms with van der Waals surface area (Å²) in [5, 5.41) is 5.87. The molecule has 4 N–H and O–H groups in total. The fourth-order valence-corrected chi connectivity index (χ4v) is 6.07. The zero-order valence-corrected chi connectivity index (χ0v) is 21.9. The number of carbonyl (C=O) groups is 1. The van der Waals surface area contributed by atoms with Gasteiger partial charge in [-0.15, -0.1) is 0 Å². The third-order valence-corrected chi connectivity index (χ3v) is 8.18. The topological polar surface area (TPSA) is 135 Å². The van der Waals surface area contributed by atoms with Crippen molar-refractivity contribution in [2.45, 2.75) is 39.8 Å². The van der Waals surface area contributed by atoms with Gasteiger partial charge in [-0.25, -0.2) is 0 Å². The van der Waals surface area contributed by atoms with E-state index in [-0.39, 0.29) is 36.9 Å². The molecule has 11 nitrogen and oxygen atoms in total. The fraction of sp³-hybridized carbons (Fsp3) is 0.542. The molecule has 196 valence electrons. The number of nitrogen functional groups attached to an aromatic ring is 1. The number of amides is 1. The van der Waals surface area contributed by atoms with E-state index in [0.717, 1.165) is 25.2 Å². The van der Waals surface area contributed by atoms with E-state index >= 15 is 0 Å². The lowest BCUT2D eigenvalue weighted by Gasteiger charge is -2.30. The molecule has 2 aliphatic heterocycles. The number of nitrogens with one attached hydrogen (secondary N) is 2. The first-order chi connectivity index (χ1) is 17.4. The number of carbonyl (C=O) groups excluding carboxylic acids is 1. The Morgan fingerprint density at radius 3 is 2.50 bits per heavy atom. The first kappa shape index (κ1) is 26.3. The van der Waals surface area contributed by atoms with Crippen LogP contribution in [0.2, 0.25) is 0 Å². The van der Waals surface area contributed by atoms with Crippen molar-refractivity contribution >= 4 is 36.8 Å². The van der Waals surface area contributed by atoms with Gasteiger partial charge in [0.2, 0.25) is 11.9 Å². The largest absolute Gasteiger partial charge is 0.382 e. The van der Waals surface area contributed by atoms with Gasteiger partial charge in [0.25, 0.3) is 0 Å². The van der Waals surface area contributed by atoms with Gasteiger partial charge in [0.15, 0.2) is 11.6 Å². The van der Waals surface area contributed by atoms with Crippen LogP contribution in [0.4, 0.5) is 23.3 Å². The molecule has 1 fully saturated rings. The number of hydrogen-bond donors (Lipinski definition) is 3. The van der Waals surface area contributed by atoms with E-state index in [1.807, 2.05) is 4.90 Å². The van der Waals surface area contributed by atoms with Gasteiger partial charge in [-0.2, -0.15) is 9.97 Å². The van der Waals surface area contributed by atoms with Crippen LogP contribution in [-0.2, 0) is 31.5 Å². The smallest absolute Gasteiger partial charge is 0.332 e. The number of rotatable bonds is 12. The molecule has 0 spiro atoms. The molecule has 3 heterocycles. The van der Waals surface area contributed by atoms with Gasteiger partial charge in [-0.3, -0.25) is 14.3 Å². The lowest BCUT2D eigenvalue weighted by atomic mass is 10.1. The first-order valence-electron chi connectivity index (χ1n) is 12.5. The quantitative estimate of drug-likeness (QED) is 0.360. The molecule has 0 atom stereocenters. The minimum atomic E-state index is -3.19. The van der Waals surface area contributed by atoms with Gasteiger partial charge < -0.3 is 30.3 Å². The summed E-state index contributed by atoms with van der Waals surface area (Å²) in [6.07, 6.45) is 2.68. The molecule has 0 unspecified atom stereocenters. The van der Waals surface area contributed by atoms with Gasteiger partial charge in [0, 0.05) is 19.6 Å². The van der Waals surface area contributed by atoms with Crippen molar-refractivity contribution in [1.29, 1.82) is 0 Å². The van der Waals surface area contributed by atoms with E-state index < -0.39 is 7.60 Å². The van der Waals surface area contributed by atoms with Crippen molar-refractivity contribution in [3.63, 3.8) is 0 Å². The average Bonchev–Trinajstić information content (AvgIpc) is 3.33. The van der Waals surface area contributed by atoms with E-state index in [2.05, 4.69) is 49.8 Å². The van der Waals surface area contributed by atoms with Crippen molar-refractivity contribution in [2.75, 3.05) is 66.8 Å². The van der Waals surface area contributed by atoms with E-state index in [9.17, 15) is 9.36 Å². The third-order valence-electron chi connectivity index (χ3n) is 6.11. The van der Waals surface area contributed by atoms with Crippen LogP contribution in [0.5, 0.6) is 0 Å². The third kappa shape index (κ3) is 6.73. The molecular weight excluding hydrogens is 481 g/mol. The molecule has 1 aromatic heterocycles. The maximum Gasteiger partial charge on any atom is 0.332 e. The van der Waals surface area contributed by atoms with Crippen molar-refractivity contribution in [3.05, 3.63) is 35.4 Å². The van der Waals surface area contributed by atoms with Gasteiger partial charge >= 0.3 is 7.60 Å². The summed E-state index contributed by atoms with van der Waals surface area (Å²) >= 11 is 0. The molecule has 4 rings (SSSR count). The Morgan fingerprint density at radius 2 is 1.81 bits per heavy atom. The minimum Gasteiger partial charge on any atom is -0.382 e. The number of nitrogens with two attached hydrogens (primary N) is 1. The van der Waals surface area contributed by atoms with E-state index in [1.165, 1.54) is 18.4 Å². The van der Waals surface area contributed by atoms with Crippen LogP contribution in [0.25, 0.3) is 0 Å². The van der Waals surface area contributed by atoms with E-state index in [1.54, 1.807) is 13.8 Å². The predicted octanol–water partition coefficient (Wildman–Crippen LogP) is 3.29. The second kappa shape index (κ2) is 12.0. The number of anilines is 4. The summed E-state index contributed by atoms with van der Waals surface area (Å²) in [6.45, 7) is 8.30. The number of hydrogen-bond acceptors (Lipinski definition) is 10. The number of benzene rings is 1. The highest BCUT2D eigenvalue weighted by molar-refractivity contribution is 7.53. The molecule has 2 aliphatic rings. The Morgan fingerprint density at radius 1 is 1.11 bits per heavy atom. The van der Waals surface area contributed by atoms with Gasteiger partial charge in [0.05, 0.1) is 25.9 Å². The average molecular weight is 518 g/mol. The van der Waals surface area contributed by atoms with E-state index in [4.69, 9.17) is 14.8 Å². The van der Waals surface area contributed by atoms with Gasteiger partial charge in [0.1, 0.15) is 5.69 Å². The SMILES string of the molecule is CCOP(=O)(CCNc1nc(N)c2c(n1)N(Cc1cccc(CN3CCCC3)c1)CC(=O)N2)OCC. The maximum absolute atomic E-state index is 12.7. The van der Waals surface area contributed by atoms with Crippen LogP contribution < -0.4 is 21.3 Å². The standard InChI is InChI=1S/C24H36N7O4P/c1-3-34-36(33,35-4-2)13-10-26-24-28-22(25)21-23(29-24)31(17-20(32)27-21)16-19-9-7-8-18(14-19)15-30-11-5-6-12-30/h7-9,14H,3-6,10-13,15-17H2,1-2H3,(H,27,32)(H3,25,26,28,29). The zero-order valence-electron chi connectivity index (χ0n) is 21.0. The van der Waals surface area contributed by atoms with Crippen molar-refractivity contribution in [3.8, 4) is 0 Å². The summed E-state index contributed by atoms with van der Waals surface area (Å²) in [4.78, 5) is 25.7. The lowest BCUT2D eigenvalue weighted by molar-refractivity contribution is -0.115. The monoisotopic (exact) mass is 517 g/mol. The van der Waals surface area contributed by atoms with Crippen LogP contribution in [0.15, 0.2) is 24.3 Å². The number of fused-ring (bicyclic) bond motifs is 1. The van der Waals surface area contributed by atoms with Gasteiger partial charge in [-0.05, 0) is 50.9 Å². The zero-order chi connectivity index (χ0) is 25.5. The molecule has 0 aliphatic carbocycles. The summed E-state index contributed by atoms with van der Waals surface area (Å²) in [6, 6.07) is 8.45. The van der Waals surface area contributed by atoms with Crippen LogP contribution in [0, 0.1) is 0 Å². The Kier molecular flexibility index (Phi) is 8.79. The van der Waals surface area contributed by atoms with Crippen LogP contribution in [-0.4, -0.2) is 66.3 Å². The molecule has 2 aromatic rings. The highest BCUT2D eigenvalue weighted by Gasteiger charge is 2.28. The van der Waals surface area contributed by atoms with Crippen molar-refractivity contribution in [2.24, 2.45) is 0 Å². The first-order valence-corrected chi connectivity index (χ1v) is 14.3. The Hall–Kier alpha value is -2.72. The summed E-state index contributed by atoms with van der Waals surface area (Å²) in [5.41, 5.74) is 8.94. The van der Waals surface area contributed by atoms with Crippen molar-refractivity contribution < 1.29 is 18.4 Å². The Bertz CT molecular complexity index is 1100.